The van der Waals surface area contributed by atoms with Crippen molar-refractivity contribution in [1.82, 2.24) is 20.4 Å². The van der Waals surface area contributed by atoms with Gasteiger partial charge in [-0.05, 0) is 31.6 Å². The van der Waals surface area contributed by atoms with E-state index in [1.54, 1.807) is 6.92 Å². The predicted molar refractivity (Wildman–Crippen MR) is 85.7 cm³/mol. The van der Waals surface area contributed by atoms with Crippen LogP contribution in [0.4, 0.5) is 9.93 Å². The molecule has 0 unspecified atom stereocenters. The standard InChI is InChI=1S/C15H17N5O3S/c1-7(17-14(23)18-15-19-16-6-24-15)20-12(21)10-8-2-3-9(5-4-8)11(10)13(20)22/h2-3,6-11H,4-5H2,1H3,(H2,17,18,19,23)/t7-,8+,9+,10+,11+/m1/s1. The van der Waals surface area contributed by atoms with Crippen molar-refractivity contribution < 1.29 is 14.4 Å². The first-order chi connectivity index (χ1) is 11.6. The number of allylic oxidation sites excluding steroid dienone is 2. The van der Waals surface area contributed by atoms with Crippen molar-refractivity contribution in [2.75, 3.05) is 5.32 Å². The highest BCUT2D eigenvalue weighted by Crippen LogP contribution is 2.49. The number of carbonyl (C=O) groups excluding carboxylic acids is 3. The summed E-state index contributed by atoms with van der Waals surface area (Å²) >= 11 is 1.19. The highest BCUT2D eigenvalue weighted by atomic mass is 32.1. The minimum absolute atomic E-state index is 0.142. The number of aromatic nitrogens is 2. The third kappa shape index (κ3) is 2.31. The Kier molecular flexibility index (Phi) is 3.60. The summed E-state index contributed by atoms with van der Waals surface area (Å²) in [4.78, 5) is 38.7. The van der Waals surface area contributed by atoms with E-state index in [2.05, 4.69) is 33.0 Å². The van der Waals surface area contributed by atoms with E-state index in [9.17, 15) is 14.4 Å². The first kappa shape index (κ1) is 15.3. The number of hydrogen-bond acceptors (Lipinski definition) is 6. The molecular formula is C15H17N5O3S. The Hall–Kier alpha value is -2.29. The molecule has 0 aromatic carbocycles. The van der Waals surface area contributed by atoms with E-state index in [0.717, 1.165) is 12.8 Å². The summed E-state index contributed by atoms with van der Waals surface area (Å²) in [5.74, 6) is -0.596. The van der Waals surface area contributed by atoms with E-state index in [0.29, 0.717) is 5.13 Å². The Morgan fingerprint density at radius 3 is 2.38 bits per heavy atom. The number of likely N-dealkylation sites (tertiary alicyclic amines) is 1. The first-order valence-electron chi connectivity index (χ1n) is 7.95. The first-order valence-corrected chi connectivity index (χ1v) is 8.83. The third-order valence-corrected chi connectivity index (χ3v) is 5.71. The van der Waals surface area contributed by atoms with Gasteiger partial charge in [-0.15, -0.1) is 10.2 Å². The Morgan fingerprint density at radius 1 is 1.25 bits per heavy atom. The number of imide groups is 1. The van der Waals surface area contributed by atoms with Crippen molar-refractivity contribution in [3.8, 4) is 0 Å². The average molecular weight is 347 g/mol. The maximum Gasteiger partial charge on any atom is 0.322 e. The minimum atomic E-state index is -0.706. The van der Waals surface area contributed by atoms with E-state index in [-0.39, 0.29) is 35.5 Å². The van der Waals surface area contributed by atoms with Gasteiger partial charge in [0.15, 0.2) is 0 Å². The zero-order chi connectivity index (χ0) is 16.8. The van der Waals surface area contributed by atoms with Crippen LogP contribution in [-0.4, -0.2) is 39.1 Å². The van der Waals surface area contributed by atoms with Gasteiger partial charge in [-0.25, -0.2) is 4.79 Å². The van der Waals surface area contributed by atoms with Gasteiger partial charge in [0, 0.05) is 0 Å². The Bertz CT molecular complexity index is 687. The second-order valence-electron chi connectivity index (χ2n) is 6.41. The molecule has 2 bridgehead atoms. The number of nitrogens with one attached hydrogen (secondary N) is 2. The van der Waals surface area contributed by atoms with Crippen LogP contribution in [0.1, 0.15) is 19.8 Å². The van der Waals surface area contributed by atoms with Crippen LogP contribution in [0.3, 0.4) is 0 Å². The lowest BCUT2D eigenvalue weighted by Gasteiger charge is -2.38. The van der Waals surface area contributed by atoms with Gasteiger partial charge < -0.3 is 5.32 Å². The molecule has 2 heterocycles. The van der Waals surface area contributed by atoms with Gasteiger partial charge in [-0.2, -0.15) is 0 Å². The zero-order valence-corrected chi connectivity index (χ0v) is 13.8. The average Bonchev–Trinajstić information content (AvgIpc) is 3.16. The lowest BCUT2D eigenvalue weighted by molar-refractivity contribution is -0.142. The lowest BCUT2D eigenvalue weighted by atomic mass is 9.63. The van der Waals surface area contributed by atoms with Crippen LogP contribution in [0.2, 0.25) is 0 Å². The van der Waals surface area contributed by atoms with Gasteiger partial charge in [-0.1, -0.05) is 23.5 Å². The number of fused-ring (bicyclic) bond motifs is 1. The van der Waals surface area contributed by atoms with E-state index in [1.807, 2.05) is 0 Å². The molecule has 1 saturated heterocycles. The second kappa shape index (κ2) is 5.66. The number of amides is 4. The van der Waals surface area contributed by atoms with Crippen molar-refractivity contribution >= 4 is 34.3 Å². The molecule has 1 aromatic rings. The Labute approximate surface area is 142 Å². The molecule has 8 nitrogen and oxygen atoms in total. The van der Waals surface area contributed by atoms with Crippen molar-refractivity contribution in [3.05, 3.63) is 17.7 Å². The van der Waals surface area contributed by atoms with Gasteiger partial charge in [0.25, 0.3) is 0 Å². The molecular weight excluding hydrogens is 330 g/mol. The SMILES string of the molecule is C[C@H](NC(=O)Nc1nncs1)N1C(=O)[C@@H]2[C@@H](C1=O)[C@H]1C=C[C@H]2CC1. The molecule has 5 rings (SSSR count). The fourth-order valence-corrected chi connectivity index (χ4v) is 4.53. The number of urea groups is 1. The second-order valence-corrected chi connectivity index (χ2v) is 7.24. The van der Waals surface area contributed by atoms with Gasteiger partial charge in [-0.3, -0.25) is 19.8 Å². The molecule has 4 aliphatic rings. The van der Waals surface area contributed by atoms with Crippen molar-refractivity contribution in [2.45, 2.75) is 25.9 Å². The zero-order valence-electron chi connectivity index (χ0n) is 13.0. The maximum atomic E-state index is 12.8. The molecule has 1 saturated carbocycles. The lowest BCUT2D eigenvalue weighted by Crippen LogP contribution is -2.50. The number of nitrogens with zero attached hydrogens (tertiary/aromatic N) is 3. The van der Waals surface area contributed by atoms with E-state index >= 15 is 0 Å². The molecule has 126 valence electrons. The summed E-state index contributed by atoms with van der Waals surface area (Å²) in [5, 5.41) is 12.9. The summed E-state index contributed by atoms with van der Waals surface area (Å²) in [6, 6.07) is -0.518. The fraction of sp³-hybridized carbons (Fsp3) is 0.533. The van der Waals surface area contributed by atoms with Gasteiger partial charge in [0.05, 0.1) is 11.8 Å². The van der Waals surface area contributed by atoms with Gasteiger partial charge >= 0.3 is 6.03 Å². The molecule has 2 N–H and O–H groups in total. The maximum absolute atomic E-state index is 12.8. The van der Waals surface area contributed by atoms with Crippen LogP contribution in [0.15, 0.2) is 17.7 Å². The molecule has 1 aliphatic heterocycles. The van der Waals surface area contributed by atoms with Gasteiger partial charge in [0.2, 0.25) is 16.9 Å². The number of anilines is 1. The summed E-state index contributed by atoms with van der Waals surface area (Å²) in [7, 11) is 0. The molecule has 3 aliphatic carbocycles. The molecule has 9 heteroatoms. The van der Waals surface area contributed by atoms with Crippen LogP contribution >= 0.6 is 11.3 Å². The predicted octanol–water partition coefficient (Wildman–Crippen LogP) is 1.20. The number of hydrogen-bond donors (Lipinski definition) is 2. The smallest absolute Gasteiger partial charge is 0.317 e. The molecule has 4 amide bonds. The number of rotatable bonds is 3. The number of carbonyl (C=O) groups is 3. The van der Waals surface area contributed by atoms with E-state index in [1.165, 1.54) is 21.7 Å². The Morgan fingerprint density at radius 2 is 1.88 bits per heavy atom. The molecule has 0 radical (unpaired) electrons. The van der Waals surface area contributed by atoms with Crippen molar-refractivity contribution in [3.63, 3.8) is 0 Å². The van der Waals surface area contributed by atoms with E-state index in [4.69, 9.17) is 0 Å². The molecule has 1 aromatic heterocycles. The molecule has 24 heavy (non-hydrogen) atoms. The highest BCUT2D eigenvalue weighted by molar-refractivity contribution is 7.13. The Balaban J connectivity index is 1.47. The topological polar surface area (TPSA) is 104 Å². The van der Waals surface area contributed by atoms with Crippen LogP contribution in [-0.2, 0) is 9.59 Å². The molecule has 0 spiro atoms. The van der Waals surface area contributed by atoms with Crippen LogP contribution < -0.4 is 10.6 Å². The normalized spacial score (nSPS) is 32.0. The van der Waals surface area contributed by atoms with Crippen LogP contribution in [0, 0.1) is 23.7 Å². The fourth-order valence-electron chi connectivity index (χ4n) is 4.09. The van der Waals surface area contributed by atoms with Crippen LogP contribution in [0.25, 0.3) is 0 Å². The minimum Gasteiger partial charge on any atom is -0.317 e. The molecule has 5 atom stereocenters. The summed E-state index contributed by atoms with van der Waals surface area (Å²) in [6.45, 7) is 1.64. The molecule has 2 fully saturated rings. The quantitative estimate of drug-likeness (QED) is 0.631. The summed E-state index contributed by atoms with van der Waals surface area (Å²) in [5.41, 5.74) is 1.50. The van der Waals surface area contributed by atoms with Gasteiger partial charge in [0.1, 0.15) is 11.7 Å². The summed E-state index contributed by atoms with van der Waals surface area (Å²) in [6.07, 6.45) is 5.35. The monoisotopic (exact) mass is 347 g/mol. The van der Waals surface area contributed by atoms with E-state index < -0.39 is 12.2 Å². The van der Waals surface area contributed by atoms with Crippen molar-refractivity contribution in [2.24, 2.45) is 23.7 Å². The highest BCUT2D eigenvalue weighted by Gasteiger charge is 2.57. The largest absolute Gasteiger partial charge is 0.322 e. The van der Waals surface area contributed by atoms with Crippen LogP contribution in [0.5, 0.6) is 0 Å². The third-order valence-electron chi connectivity index (χ3n) is 5.10. The van der Waals surface area contributed by atoms with Crippen molar-refractivity contribution in [1.29, 1.82) is 0 Å². The summed E-state index contributed by atoms with van der Waals surface area (Å²) < 4.78 is 0.